The zero-order valence-corrected chi connectivity index (χ0v) is 27.9. The lowest BCUT2D eigenvalue weighted by molar-refractivity contribution is 0.174. The highest BCUT2D eigenvalue weighted by Gasteiger charge is 2.20. The maximum atomic E-state index is 14.0. The number of benzene rings is 4. The number of hydrogen-bond donors (Lipinski definition) is 0. The SMILES string of the molecule is C=CCc1cc(C=Nn2c(-c3cc(C(C)C)c(OCC)cc3C)nc3ccccc3c2=O)cc(OC)c1OCc1ccc2c(c1)OCO2. The Morgan fingerprint density at radius 1 is 1.02 bits per heavy atom. The summed E-state index contributed by atoms with van der Waals surface area (Å²) in [5, 5.41) is 5.22. The second-order valence-electron chi connectivity index (χ2n) is 11.8. The molecule has 2 heterocycles. The predicted octanol–water partition coefficient (Wildman–Crippen LogP) is 7.82. The molecule has 246 valence electrons. The van der Waals surface area contributed by atoms with E-state index >= 15 is 0 Å². The van der Waals surface area contributed by atoms with Gasteiger partial charge in [0, 0.05) is 11.1 Å². The number of aryl methyl sites for hydroxylation is 1. The van der Waals surface area contributed by atoms with E-state index in [1.165, 1.54) is 4.68 Å². The molecule has 48 heavy (non-hydrogen) atoms. The van der Waals surface area contributed by atoms with Gasteiger partial charge in [0.2, 0.25) is 6.79 Å². The van der Waals surface area contributed by atoms with E-state index in [9.17, 15) is 4.79 Å². The first-order chi connectivity index (χ1) is 23.3. The molecule has 1 aromatic heterocycles. The van der Waals surface area contributed by atoms with Gasteiger partial charge in [0.05, 0.1) is 30.8 Å². The monoisotopic (exact) mass is 645 g/mol. The van der Waals surface area contributed by atoms with Gasteiger partial charge in [0.25, 0.3) is 5.56 Å². The number of methoxy groups -OCH3 is 1. The number of aromatic nitrogens is 2. The van der Waals surface area contributed by atoms with E-state index in [0.29, 0.717) is 59.4 Å². The van der Waals surface area contributed by atoms with E-state index in [-0.39, 0.29) is 18.3 Å². The Bertz CT molecular complexity index is 2080. The zero-order chi connectivity index (χ0) is 33.8. The van der Waals surface area contributed by atoms with E-state index < -0.39 is 0 Å². The van der Waals surface area contributed by atoms with Crippen molar-refractivity contribution in [1.29, 1.82) is 0 Å². The number of rotatable bonds is 12. The second kappa shape index (κ2) is 14.0. The van der Waals surface area contributed by atoms with Crippen molar-refractivity contribution in [2.45, 2.75) is 46.6 Å². The Morgan fingerprint density at radius 3 is 2.60 bits per heavy atom. The first kappa shape index (κ1) is 32.4. The van der Waals surface area contributed by atoms with E-state index in [0.717, 1.165) is 39.1 Å². The fraction of sp³-hybridized carbons (Fsp3) is 0.256. The summed E-state index contributed by atoms with van der Waals surface area (Å²) < 4.78 is 30.4. The van der Waals surface area contributed by atoms with E-state index in [2.05, 4.69) is 26.5 Å². The molecular weight excluding hydrogens is 606 g/mol. The number of fused-ring (bicyclic) bond motifs is 2. The summed E-state index contributed by atoms with van der Waals surface area (Å²) >= 11 is 0. The zero-order valence-electron chi connectivity index (χ0n) is 27.9. The fourth-order valence-corrected chi connectivity index (χ4v) is 5.77. The first-order valence-electron chi connectivity index (χ1n) is 16.0. The minimum absolute atomic E-state index is 0.191. The molecule has 6 rings (SSSR count). The van der Waals surface area contributed by atoms with Gasteiger partial charge in [-0.1, -0.05) is 38.1 Å². The lowest BCUT2D eigenvalue weighted by Crippen LogP contribution is -2.21. The molecular formula is C39H39N3O6. The normalized spacial score (nSPS) is 12.2. The molecule has 0 radical (unpaired) electrons. The summed E-state index contributed by atoms with van der Waals surface area (Å²) in [6, 6.07) is 20.9. The third kappa shape index (κ3) is 6.49. The summed E-state index contributed by atoms with van der Waals surface area (Å²) in [6.07, 6.45) is 3.98. The molecule has 0 saturated heterocycles. The molecule has 0 aliphatic carbocycles. The van der Waals surface area contributed by atoms with Gasteiger partial charge in [-0.15, -0.1) is 6.58 Å². The first-order valence-corrected chi connectivity index (χ1v) is 16.0. The highest BCUT2D eigenvalue weighted by molar-refractivity contribution is 5.83. The van der Waals surface area contributed by atoms with Crippen LogP contribution >= 0.6 is 0 Å². The largest absolute Gasteiger partial charge is 0.494 e. The molecule has 0 unspecified atom stereocenters. The summed E-state index contributed by atoms with van der Waals surface area (Å²) in [5.41, 5.74) is 5.60. The third-order valence-electron chi connectivity index (χ3n) is 8.15. The maximum Gasteiger partial charge on any atom is 0.282 e. The van der Waals surface area contributed by atoms with Crippen LogP contribution in [0.3, 0.4) is 0 Å². The van der Waals surface area contributed by atoms with Crippen LogP contribution in [-0.4, -0.2) is 36.4 Å². The number of hydrogen-bond acceptors (Lipinski definition) is 8. The molecule has 1 aliphatic rings. The van der Waals surface area contributed by atoms with Crippen LogP contribution in [0.25, 0.3) is 22.3 Å². The van der Waals surface area contributed by atoms with Crippen LogP contribution in [0.2, 0.25) is 0 Å². The van der Waals surface area contributed by atoms with Gasteiger partial charge in [-0.05, 0) is 97.0 Å². The van der Waals surface area contributed by atoms with Crippen LogP contribution in [0.15, 0.2) is 89.3 Å². The van der Waals surface area contributed by atoms with E-state index in [4.69, 9.17) is 33.8 Å². The number of nitrogens with zero attached hydrogens (tertiary/aromatic N) is 3. The van der Waals surface area contributed by atoms with Gasteiger partial charge < -0.3 is 23.7 Å². The average molecular weight is 646 g/mol. The Balaban J connectivity index is 1.42. The Kier molecular flexibility index (Phi) is 9.48. The van der Waals surface area contributed by atoms with Crippen molar-refractivity contribution in [3.05, 3.63) is 118 Å². The van der Waals surface area contributed by atoms with Gasteiger partial charge >= 0.3 is 0 Å². The van der Waals surface area contributed by atoms with Crippen molar-refractivity contribution in [3.63, 3.8) is 0 Å². The summed E-state index contributed by atoms with van der Waals surface area (Å²) in [4.78, 5) is 18.9. The Labute approximate surface area is 280 Å². The molecule has 9 nitrogen and oxygen atoms in total. The smallest absolute Gasteiger partial charge is 0.282 e. The van der Waals surface area contributed by atoms with Crippen molar-refractivity contribution in [1.82, 2.24) is 9.66 Å². The molecule has 0 saturated carbocycles. The van der Waals surface area contributed by atoms with Crippen LogP contribution in [0, 0.1) is 6.92 Å². The summed E-state index contributed by atoms with van der Waals surface area (Å²) in [5.74, 6) is 4.01. The highest BCUT2D eigenvalue weighted by atomic mass is 16.7. The van der Waals surface area contributed by atoms with Gasteiger partial charge in [-0.25, -0.2) is 4.98 Å². The summed E-state index contributed by atoms with van der Waals surface area (Å²) in [7, 11) is 1.60. The molecule has 0 N–H and O–H groups in total. The van der Waals surface area contributed by atoms with E-state index in [1.54, 1.807) is 25.5 Å². The fourth-order valence-electron chi connectivity index (χ4n) is 5.77. The molecule has 0 amide bonds. The quantitative estimate of drug-likeness (QED) is 0.101. The lowest BCUT2D eigenvalue weighted by atomic mass is 9.96. The lowest BCUT2D eigenvalue weighted by Gasteiger charge is -2.18. The maximum absolute atomic E-state index is 14.0. The van der Waals surface area contributed by atoms with Crippen molar-refractivity contribution in [3.8, 4) is 40.1 Å². The predicted molar refractivity (Wildman–Crippen MR) is 188 cm³/mol. The van der Waals surface area contributed by atoms with Gasteiger partial charge in [0.1, 0.15) is 12.4 Å². The minimum atomic E-state index is -0.270. The van der Waals surface area contributed by atoms with Gasteiger partial charge in [-0.2, -0.15) is 9.78 Å². The summed E-state index contributed by atoms with van der Waals surface area (Å²) in [6.45, 7) is 13.2. The van der Waals surface area contributed by atoms with Crippen LogP contribution in [0.4, 0.5) is 0 Å². The average Bonchev–Trinajstić information content (AvgIpc) is 3.55. The topological polar surface area (TPSA) is 93.4 Å². The number of para-hydroxylation sites is 1. The molecule has 0 fully saturated rings. The third-order valence-corrected chi connectivity index (χ3v) is 8.15. The number of ether oxygens (including phenoxy) is 5. The van der Waals surface area contributed by atoms with Gasteiger partial charge in [0.15, 0.2) is 28.8 Å². The Hall–Kier alpha value is -5.57. The standard InChI is InChI=1S/C39H39N3O6/c1-7-11-28-17-27(19-36(44-6)37(28)46-22-26-14-15-33-35(18-26)48-23-47-33)21-40-42-38(41-32-13-10-9-12-29(32)39(42)43)31-20-30(24(3)4)34(45-8-2)16-25(31)5/h7,9-10,12-21,24H,1,8,11,22-23H2,2-6H3. The molecule has 1 aliphatic heterocycles. The molecule has 0 atom stereocenters. The Morgan fingerprint density at radius 2 is 1.83 bits per heavy atom. The van der Waals surface area contributed by atoms with Crippen molar-refractivity contribution >= 4 is 17.1 Å². The number of allylic oxidation sites excluding steroid dienone is 1. The molecule has 9 heteroatoms. The second-order valence-corrected chi connectivity index (χ2v) is 11.8. The van der Waals surface area contributed by atoms with Crippen molar-refractivity contribution in [2.75, 3.05) is 20.5 Å². The van der Waals surface area contributed by atoms with Crippen LogP contribution in [0.1, 0.15) is 54.5 Å². The van der Waals surface area contributed by atoms with Crippen molar-refractivity contribution in [2.24, 2.45) is 5.10 Å². The van der Waals surface area contributed by atoms with Crippen LogP contribution in [0.5, 0.6) is 28.7 Å². The van der Waals surface area contributed by atoms with Crippen LogP contribution < -0.4 is 29.2 Å². The molecule has 5 aromatic rings. The molecule has 0 spiro atoms. The van der Waals surface area contributed by atoms with E-state index in [1.807, 2.05) is 68.4 Å². The van der Waals surface area contributed by atoms with Gasteiger partial charge in [-0.3, -0.25) is 4.79 Å². The molecule has 0 bridgehead atoms. The van der Waals surface area contributed by atoms with Crippen molar-refractivity contribution < 1.29 is 23.7 Å². The molecule has 4 aromatic carbocycles. The highest BCUT2D eigenvalue weighted by Crippen LogP contribution is 2.37. The van der Waals surface area contributed by atoms with Crippen LogP contribution in [-0.2, 0) is 13.0 Å². The minimum Gasteiger partial charge on any atom is -0.494 e.